The zero-order valence-electron chi connectivity index (χ0n) is 9.09. The SMILES string of the molecule is CCCC(=O)NC(C)c1cccc(Br)c1. The summed E-state index contributed by atoms with van der Waals surface area (Å²) in [7, 11) is 0. The average Bonchev–Trinajstić information content (AvgIpc) is 2.18. The minimum absolute atomic E-state index is 0.0709. The van der Waals surface area contributed by atoms with Gasteiger partial charge in [0, 0.05) is 10.9 Å². The Bertz CT molecular complexity index is 338. The zero-order chi connectivity index (χ0) is 11.3. The lowest BCUT2D eigenvalue weighted by Crippen LogP contribution is -2.26. The lowest BCUT2D eigenvalue weighted by molar-refractivity contribution is -0.121. The van der Waals surface area contributed by atoms with Crippen LogP contribution in [0.25, 0.3) is 0 Å². The van der Waals surface area contributed by atoms with Gasteiger partial charge in [-0.25, -0.2) is 0 Å². The molecule has 0 saturated carbocycles. The van der Waals surface area contributed by atoms with E-state index >= 15 is 0 Å². The van der Waals surface area contributed by atoms with Gasteiger partial charge in [-0.2, -0.15) is 0 Å². The molecule has 1 N–H and O–H groups in total. The van der Waals surface area contributed by atoms with E-state index in [-0.39, 0.29) is 11.9 Å². The molecule has 15 heavy (non-hydrogen) atoms. The molecule has 0 aliphatic heterocycles. The highest BCUT2D eigenvalue weighted by Gasteiger charge is 2.08. The Kier molecular flexibility index (Phi) is 4.82. The fourth-order valence-electron chi connectivity index (χ4n) is 1.40. The third kappa shape index (κ3) is 4.04. The monoisotopic (exact) mass is 269 g/mol. The van der Waals surface area contributed by atoms with Gasteiger partial charge < -0.3 is 5.32 Å². The van der Waals surface area contributed by atoms with Gasteiger partial charge in [-0.1, -0.05) is 35.0 Å². The molecule has 0 aromatic heterocycles. The largest absolute Gasteiger partial charge is 0.350 e. The van der Waals surface area contributed by atoms with Crippen LogP contribution in [-0.2, 0) is 4.79 Å². The van der Waals surface area contributed by atoms with Crippen molar-refractivity contribution in [2.45, 2.75) is 32.7 Å². The summed E-state index contributed by atoms with van der Waals surface area (Å²) in [6.45, 7) is 4.00. The first-order valence-corrected chi connectivity index (χ1v) is 5.97. The second kappa shape index (κ2) is 5.91. The molecular formula is C12H16BrNO. The van der Waals surface area contributed by atoms with Crippen LogP contribution in [0.2, 0.25) is 0 Å². The number of nitrogens with one attached hydrogen (secondary N) is 1. The summed E-state index contributed by atoms with van der Waals surface area (Å²) < 4.78 is 1.04. The van der Waals surface area contributed by atoms with Crippen molar-refractivity contribution < 1.29 is 4.79 Å². The van der Waals surface area contributed by atoms with E-state index in [0.29, 0.717) is 6.42 Å². The van der Waals surface area contributed by atoms with Gasteiger partial charge >= 0.3 is 0 Å². The molecule has 0 fully saturated rings. The Morgan fingerprint density at radius 1 is 1.53 bits per heavy atom. The van der Waals surface area contributed by atoms with E-state index in [1.54, 1.807) is 0 Å². The fraction of sp³-hybridized carbons (Fsp3) is 0.417. The Labute approximate surface area is 99.2 Å². The van der Waals surface area contributed by atoms with E-state index in [9.17, 15) is 4.79 Å². The van der Waals surface area contributed by atoms with E-state index in [1.807, 2.05) is 38.1 Å². The smallest absolute Gasteiger partial charge is 0.220 e. The maximum atomic E-state index is 11.4. The van der Waals surface area contributed by atoms with Gasteiger partial charge in [0.25, 0.3) is 0 Å². The number of rotatable bonds is 4. The number of carbonyl (C=O) groups excluding carboxylic acids is 1. The molecule has 1 amide bonds. The second-order valence-electron chi connectivity index (χ2n) is 3.59. The van der Waals surface area contributed by atoms with Crippen LogP contribution in [0.1, 0.15) is 38.3 Å². The molecule has 0 bridgehead atoms. The molecule has 1 unspecified atom stereocenters. The van der Waals surface area contributed by atoms with Crippen molar-refractivity contribution in [3.63, 3.8) is 0 Å². The molecule has 0 spiro atoms. The second-order valence-corrected chi connectivity index (χ2v) is 4.51. The highest BCUT2D eigenvalue weighted by molar-refractivity contribution is 9.10. The molecule has 1 rings (SSSR count). The molecule has 0 heterocycles. The van der Waals surface area contributed by atoms with Crippen LogP contribution < -0.4 is 5.32 Å². The van der Waals surface area contributed by atoms with E-state index in [2.05, 4.69) is 21.2 Å². The number of hydrogen-bond donors (Lipinski definition) is 1. The third-order valence-electron chi connectivity index (χ3n) is 2.20. The van der Waals surface area contributed by atoms with Gasteiger partial charge in [0.1, 0.15) is 0 Å². The standard InChI is InChI=1S/C12H16BrNO/c1-3-5-12(15)14-9(2)10-6-4-7-11(13)8-10/h4,6-9H,3,5H2,1-2H3,(H,14,15). The fourth-order valence-corrected chi connectivity index (χ4v) is 1.82. The first-order chi connectivity index (χ1) is 7.13. The van der Waals surface area contributed by atoms with E-state index < -0.39 is 0 Å². The van der Waals surface area contributed by atoms with Gasteiger partial charge in [0.05, 0.1) is 6.04 Å². The number of amides is 1. The maximum absolute atomic E-state index is 11.4. The van der Waals surface area contributed by atoms with Gasteiger partial charge in [-0.3, -0.25) is 4.79 Å². The topological polar surface area (TPSA) is 29.1 Å². The van der Waals surface area contributed by atoms with Crippen LogP contribution in [0.4, 0.5) is 0 Å². The number of hydrogen-bond acceptors (Lipinski definition) is 1. The van der Waals surface area contributed by atoms with Crippen molar-refractivity contribution in [3.8, 4) is 0 Å². The molecule has 0 radical (unpaired) electrons. The molecule has 1 aromatic carbocycles. The summed E-state index contributed by atoms with van der Waals surface area (Å²) in [4.78, 5) is 11.4. The molecule has 1 atom stereocenters. The Morgan fingerprint density at radius 3 is 2.87 bits per heavy atom. The Balaban J connectivity index is 2.60. The minimum atomic E-state index is 0.0709. The van der Waals surface area contributed by atoms with E-state index in [1.165, 1.54) is 0 Å². The molecule has 0 aliphatic rings. The maximum Gasteiger partial charge on any atom is 0.220 e. The average molecular weight is 270 g/mol. The number of carbonyl (C=O) groups is 1. The summed E-state index contributed by atoms with van der Waals surface area (Å²) in [5, 5.41) is 2.96. The first-order valence-electron chi connectivity index (χ1n) is 5.18. The van der Waals surface area contributed by atoms with Crippen LogP contribution >= 0.6 is 15.9 Å². The molecule has 2 nitrogen and oxygen atoms in total. The first kappa shape index (κ1) is 12.2. The van der Waals surface area contributed by atoms with Gasteiger partial charge in [0.15, 0.2) is 0 Å². The predicted molar refractivity (Wildman–Crippen MR) is 65.6 cm³/mol. The Morgan fingerprint density at radius 2 is 2.27 bits per heavy atom. The Hall–Kier alpha value is -0.830. The molecular weight excluding hydrogens is 254 g/mol. The third-order valence-corrected chi connectivity index (χ3v) is 2.70. The predicted octanol–water partition coefficient (Wildman–Crippen LogP) is 3.43. The molecule has 0 saturated heterocycles. The van der Waals surface area contributed by atoms with Crippen LogP contribution in [0.5, 0.6) is 0 Å². The molecule has 1 aromatic rings. The quantitative estimate of drug-likeness (QED) is 0.892. The molecule has 3 heteroatoms. The number of halogens is 1. The minimum Gasteiger partial charge on any atom is -0.350 e. The van der Waals surface area contributed by atoms with Crippen LogP contribution in [-0.4, -0.2) is 5.91 Å². The van der Waals surface area contributed by atoms with Gasteiger partial charge in [-0.05, 0) is 31.0 Å². The normalized spacial score (nSPS) is 12.2. The summed E-state index contributed by atoms with van der Waals surface area (Å²) in [6, 6.07) is 8.06. The lowest BCUT2D eigenvalue weighted by Gasteiger charge is -2.14. The highest BCUT2D eigenvalue weighted by Crippen LogP contribution is 2.17. The van der Waals surface area contributed by atoms with Crippen molar-refractivity contribution in [2.75, 3.05) is 0 Å². The zero-order valence-corrected chi connectivity index (χ0v) is 10.7. The summed E-state index contributed by atoms with van der Waals surface area (Å²) >= 11 is 3.41. The van der Waals surface area contributed by atoms with Gasteiger partial charge in [0.2, 0.25) is 5.91 Å². The number of benzene rings is 1. The van der Waals surface area contributed by atoms with Crippen molar-refractivity contribution in [1.82, 2.24) is 5.32 Å². The summed E-state index contributed by atoms with van der Waals surface area (Å²) in [5.41, 5.74) is 1.12. The summed E-state index contributed by atoms with van der Waals surface area (Å²) in [5.74, 6) is 0.116. The van der Waals surface area contributed by atoms with Gasteiger partial charge in [-0.15, -0.1) is 0 Å². The van der Waals surface area contributed by atoms with Crippen molar-refractivity contribution in [2.24, 2.45) is 0 Å². The van der Waals surface area contributed by atoms with Crippen molar-refractivity contribution in [1.29, 1.82) is 0 Å². The van der Waals surface area contributed by atoms with E-state index in [0.717, 1.165) is 16.5 Å². The van der Waals surface area contributed by atoms with Crippen LogP contribution in [0.3, 0.4) is 0 Å². The summed E-state index contributed by atoms with van der Waals surface area (Å²) in [6.07, 6.45) is 1.48. The lowest BCUT2D eigenvalue weighted by atomic mass is 10.1. The molecule has 0 aliphatic carbocycles. The van der Waals surface area contributed by atoms with Crippen LogP contribution in [0.15, 0.2) is 28.7 Å². The molecule has 82 valence electrons. The highest BCUT2D eigenvalue weighted by atomic mass is 79.9. The van der Waals surface area contributed by atoms with Crippen molar-refractivity contribution in [3.05, 3.63) is 34.3 Å². The van der Waals surface area contributed by atoms with Crippen LogP contribution in [0, 0.1) is 0 Å². The van der Waals surface area contributed by atoms with Crippen molar-refractivity contribution >= 4 is 21.8 Å². The van der Waals surface area contributed by atoms with E-state index in [4.69, 9.17) is 0 Å².